The zero-order chi connectivity index (χ0) is 26.2. The summed E-state index contributed by atoms with van der Waals surface area (Å²) < 4.78 is 43.5. The molecule has 4 rings (SSSR count). The minimum Gasteiger partial charge on any atom is -0.406 e. The second-order valence-electron chi connectivity index (χ2n) is 8.71. The zero-order valence-electron chi connectivity index (χ0n) is 20.1. The first kappa shape index (κ1) is 25.0. The number of carbonyl (C=O) groups excluding carboxylic acids is 1. The SMILES string of the molecule is Cc1ccc(-n2ncc3c(C(C)C)nn(CC(=O)Nc4ccc(OC(F)(F)F)cc4)c(=O)c32)cc1C. The van der Waals surface area contributed by atoms with Gasteiger partial charge in [0.05, 0.1) is 17.6 Å². The quantitative estimate of drug-likeness (QED) is 0.409. The highest BCUT2D eigenvalue weighted by atomic mass is 19.4. The maximum atomic E-state index is 13.4. The Kier molecular flexibility index (Phi) is 6.57. The molecule has 0 atom stereocenters. The zero-order valence-corrected chi connectivity index (χ0v) is 20.1. The van der Waals surface area contributed by atoms with Gasteiger partial charge in [-0.2, -0.15) is 10.2 Å². The molecule has 0 aliphatic carbocycles. The number of ether oxygens (including phenoxy) is 1. The maximum Gasteiger partial charge on any atom is 0.573 e. The number of halogens is 3. The van der Waals surface area contributed by atoms with Crippen molar-refractivity contribution in [2.45, 2.75) is 46.5 Å². The molecule has 0 saturated carbocycles. The lowest BCUT2D eigenvalue weighted by Crippen LogP contribution is -2.31. The molecule has 188 valence electrons. The summed E-state index contributed by atoms with van der Waals surface area (Å²) in [6.07, 6.45) is -3.21. The molecule has 2 heterocycles. The standard InChI is InChI=1S/C25H24F3N5O3/c1-14(2)22-20-12-29-33(18-8-5-15(3)16(4)11-18)23(20)24(35)32(31-22)13-21(34)30-17-6-9-19(10-7-17)36-25(26,27)28/h5-12,14H,13H2,1-4H3,(H,30,34). The third-order valence-corrected chi connectivity index (χ3v) is 5.66. The highest BCUT2D eigenvalue weighted by Gasteiger charge is 2.31. The lowest BCUT2D eigenvalue weighted by atomic mass is 10.1. The molecule has 0 bridgehead atoms. The van der Waals surface area contributed by atoms with E-state index in [0.717, 1.165) is 27.9 Å². The molecular formula is C25H24F3N5O3. The number of benzene rings is 2. The molecular weight excluding hydrogens is 475 g/mol. The molecule has 0 radical (unpaired) electrons. The predicted molar refractivity (Wildman–Crippen MR) is 128 cm³/mol. The van der Waals surface area contributed by atoms with Gasteiger partial charge in [-0.25, -0.2) is 9.36 Å². The van der Waals surface area contributed by atoms with Gasteiger partial charge >= 0.3 is 6.36 Å². The normalized spacial score (nSPS) is 11.8. The number of anilines is 1. The van der Waals surface area contributed by atoms with Crippen LogP contribution in [0.15, 0.2) is 53.5 Å². The average Bonchev–Trinajstić information content (AvgIpc) is 3.23. The number of nitrogens with zero attached hydrogens (tertiary/aromatic N) is 4. The number of fused-ring (bicyclic) bond motifs is 1. The van der Waals surface area contributed by atoms with Crippen LogP contribution in [0.2, 0.25) is 0 Å². The van der Waals surface area contributed by atoms with Crippen LogP contribution in [-0.4, -0.2) is 31.8 Å². The molecule has 1 N–H and O–H groups in total. The van der Waals surface area contributed by atoms with Crippen LogP contribution in [0.1, 0.15) is 36.6 Å². The van der Waals surface area contributed by atoms with Gasteiger partial charge in [0.1, 0.15) is 17.8 Å². The van der Waals surface area contributed by atoms with Crippen LogP contribution >= 0.6 is 0 Å². The number of nitrogens with one attached hydrogen (secondary N) is 1. The monoisotopic (exact) mass is 499 g/mol. The van der Waals surface area contributed by atoms with E-state index in [1.54, 1.807) is 10.9 Å². The van der Waals surface area contributed by atoms with Crippen LogP contribution < -0.4 is 15.6 Å². The molecule has 4 aromatic rings. The van der Waals surface area contributed by atoms with E-state index in [2.05, 4.69) is 20.3 Å². The van der Waals surface area contributed by atoms with Crippen LogP contribution in [0.25, 0.3) is 16.6 Å². The maximum absolute atomic E-state index is 13.4. The summed E-state index contributed by atoms with van der Waals surface area (Å²) in [5.41, 5.74) is 3.53. The van der Waals surface area contributed by atoms with Crippen LogP contribution in [0.3, 0.4) is 0 Å². The number of aryl methyl sites for hydroxylation is 2. The van der Waals surface area contributed by atoms with E-state index < -0.39 is 30.1 Å². The van der Waals surface area contributed by atoms with Gasteiger partial charge in [-0.15, -0.1) is 13.2 Å². The molecule has 2 aromatic heterocycles. The number of hydrogen-bond donors (Lipinski definition) is 1. The van der Waals surface area contributed by atoms with Crippen molar-refractivity contribution in [1.29, 1.82) is 0 Å². The van der Waals surface area contributed by atoms with Gasteiger partial charge in [0.2, 0.25) is 5.91 Å². The van der Waals surface area contributed by atoms with E-state index in [9.17, 15) is 22.8 Å². The molecule has 8 nitrogen and oxygen atoms in total. The number of alkyl halides is 3. The molecule has 0 fully saturated rings. The van der Waals surface area contributed by atoms with Gasteiger partial charge in [0.25, 0.3) is 5.56 Å². The molecule has 1 amide bonds. The number of carbonyl (C=O) groups is 1. The van der Waals surface area contributed by atoms with Crippen molar-refractivity contribution in [1.82, 2.24) is 19.6 Å². The fraction of sp³-hybridized carbons (Fsp3) is 0.280. The van der Waals surface area contributed by atoms with E-state index in [1.807, 2.05) is 45.9 Å². The summed E-state index contributed by atoms with van der Waals surface area (Å²) in [5.74, 6) is -1.04. The van der Waals surface area contributed by atoms with Crippen molar-refractivity contribution in [3.8, 4) is 11.4 Å². The number of rotatable bonds is 6. The smallest absolute Gasteiger partial charge is 0.406 e. The average molecular weight is 499 g/mol. The first-order valence-electron chi connectivity index (χ1n) is 11.1. The molecule has 11 heteroatoms. The minimum absolute atomic E-state index is 0.0546. The van der Waals surface area contributed by atoms with Crippen molar-refractivity contribution >= 4 is 22.5 Å². The van der Waals surface area contributed by atoms with Crippen LogP contribution in [0.4, 0.5) is 18.9 Å². The van der Waals surface area contributed by atoms with Gasteiger partial charge < -0.3 is 10.1 Å². The van der Waals surface area contributed by atoms with E-state index in [0.29, 0.717) is 22.3 Å². The Labute approximate surface area is 204 Å². The summed E-state index contributed by atoms with van der Waals surface area (Å²) in [5, 5.41) is 12.0. The van der Waals surface area contributed by atoms with Crippen LogP contribution in [0, 0.1) is 13.8 Å². The summed E-state index contributed by atoms with van der Waals surface area (Å²) in [6, 6.07) is 10.4. The largest absolute Gasteiger partial charge is 0.573 e. The Bertz CT molecular complexity index is 1490. The number of aromatic nitrogens is 4. The number of hydrogen-bond acceptors (Lipinski definition) is 5. The Morgan fingerprint density at radius 2 is 1.78 bits per heavy atom. The molecule has 36 heavy (non-hydrogen) atoms. The summed E-state index contributed by atoms with van der Waals surface area (Å²) in [4.78, 5) is 26.1. The Hall–Kier alpha value is -4.15. The van der Waals surface area contributed by atoms with Crippen molar-refractivity contribution in [2.75, 3.05) is 5.32 Å². The third-order valence-electron chi connectivity index (χ3n) is 5.66. The van der Waals surface area contributed by atoms with Gasteiger partial charge in [-0.05, 0) is 67.3 Å². The topological polar surface area (TPSA) is 91.0 Å². The van der Waals surface area contributed by atoms with E-state index in [-0.39, 0.29) is 11.6 Å². The molecule has 0 aliphatic heterocycles. The van der Waals surface area contributed by atoms with Gasteiger partial charge in [-0.1, -0.05) is 19.9 Å². The number of amides is 1. The lowest BCUT2D eigenvalue weighted by molar-refractivity contribution is -0.274. The molecule has 2 aromatic carbocycles. The van der Waals surface area contributed by atoms with E-state index in [1.165, 1.54) is 12.1 Å². The first-order chi connectivity index (χ1) is 16.9. The van der Waals surface area contributed by atoms with Gasteiger partial charge in [0.15, 0.2) is 0 Å². The predicted octanol–water partition coefficient (Wildman–Crippen LogP) is 4.86. The van der Waals surface area contributed by atoms with E-state index >= 15 is 0 Å². The van der Waals surface area contributed by atoms with Gasteiger partial charge in [-0.3, -0.25) is 9.59 Å². The molecule has 0 unspecified atom stereocenters. The Morgan fingerprint density at radius 3 is 2.39 bits per heavy atom. The summed E-state index contributed by atoms with van der Waals surface area (Å²) >= 11 is 0. The van der Waals surface area contributed by atoms with Crippen molar-refractivity contribution in [2.24, 2.45) is 0 Å². The second kappa shape index (κ2) is 9.48. The van der Waals surface area contributed by atoms with Crippen LogP contribution in [-0.2, 0) is 11.3 Å². The van der Waals surface area contributed by atoms with Gasteiger partial charge in [0, 0.05) is 11.1 Å². The highest BCUT2D eigenvalue weighted by molar-refractivity contribution is 5.91. The lowest BCUT2D eigenvalue weighted by Gasteiger charge is -2.13. The molecule has 0 aliphatic rings. The minimum atomic E-state index is -4.81. The van der Waals surface area contributed by atoms with Crippen molar-refractivity contribution in [3.63, 3.8) is 0 Å². The summed E-state index contributed by atoms with van der Waals surface area (Å²) in [7, 11) is 0. The van der Waals surface area contributed by atoms with Crippen molar-refractivity contribution < 1.29 is 22.7 Å². The van der Waals surface area contributed by atoms with Crippen LogP contribution in [0.5, 0.6) is 5.75 Å². The van der Waals surface area contributed by atoms with Crippen molar-refractivity contribution in [3.05, 3.63) is 75.8 Å². The molecule has 0 saturated heterocycles. The fourth-order valence-electron chi connectivity index (χ4n) is 3.76. The third kappa shape index (κ3) is 5.24. The second-order valence-corrected chi connectivity index (χ2v) is 8.71. The first-order valence-corrected chi connectivity index (χ1v) is 11.1. The highest BCUT2D eigenvalue weighted by Crippen LogP contribution is 2.25. The van der Waals surface area contributed by atoms with E-state index in [4.69, 9.17) is 0 Å². The summed E-state index contributed by atoms with van der Waals surface area (Å²) in [6.45, 7) is 7.41. The Morgan fingerprint density at radius 1 is 1.08 bits per heavy atom. The fourth-order valence-corrected chi connectivity index (χ4v) is 3.76. The Balaban J connectivity index is 1.66. The molecule has 0 spiro atoms.